The van der Waals surface area contributed by atoms with E-state index >= 15 is 0 Å². The van der Waals surface area contributed by atoms with Gasteiger partial charge in [0, 0.05) is 23.7 Å². The highest BCUT2D eigenvalue weighted by Crippen LogP contribution is 2.40. The van der Waals surface area contributed by atoms with Gasteiger partial charge >= 0.3 is 6.18 Å². The van der Waals surface area contributed by atoms with Crippen molar-refractivity contribution in [1.29, 1.82) is 0 Å². The zero-order chi connectivity index (χ0) is 15.2. The predicted octanol–water partition coefficient (Wildman–Crippen LogP) is 4.31. The Morgan fingerprint density at radius 1 is 1.23 bits per heavy atom. The summed E-state index contributed by atoms with van der Waals surface area (Å²) in [4.78, 5) is 4.34. The summed E-state index contributed by atoms with van der Waals surface area (Å²) in [6, 6.07) is 7.41. The molecule has 0 bridgehead atoms. The van der Waals surface area contributed by atoms with Gasteiger partial charge in [0.1, 0.15) is 0 Å². The van der Waals surface area contributed by atoms with Gasteiger partial charge in [-0.2, -0.15) is 13.2 Å². The molecule has 1 aromatic heterocycles. The van der Waals surface area contributed by atoms with Gasteiger partial charge in [0.25, 0.3) is 0 Å². The molecular weight excluding hydrogens is 313 g/mol. The molecule has 2 nitrogen and oxygen atoms in total. The third kappa shape index (κ3) is 3.25. The zero-order valence-electron chi connectivity index (χ0n) is 11.9. The van der Waals surface area contributed by atoms with E-state index in [0.717, 1.165) is 29.7 Å². The number of hydrogen-bond donors (Lipinski definition) is 1. The van der Waals surface area contributed by atoms with Crippen molar-refractivity contribution in [2.45, 2.75) is 31.5 Å². The lowest BCUT2D eigenvalue weighted by molar-refractivity contribution is -0.137. The van der Waals surface area contributed by atoms with E-state index in [9.17, 15) is 13.2 Å². The lowest BCUT2D eigenvalue weighted by Gasteiger charge is -2.11. The van der Waals surface area contributed by atoms with Crippen LogP contribution in [-0.4, -0.2) is 11.0 Å². The van der Waals surface area contributed by atoms with Crippen LogP contribution in [0.25, 0.3) is 11.3 Å². The molecule has 2 N–H and O–H groups in total. The van der Waals surface area contributed by atoms with Crippen molar-refractivity contribution < 1.29 is 13.2 Å². The van der Waals surface area contributed by atoms with E-state index in [-0.39, 0.29) is 18.4 Å². The van der Waals surface area contributed by atoms with E-state index in [1.165, 1.54) is 6.07 Å². The van der Waals surface area contributed by atoms with Crippen LogP contribution in [0.15, 0.2) is 36.5 Å². The maximum Gasteiger partial charge on any atom is 0.416 e. The molecule has 1 saturated carbocycles. The molecule has 1 aliphatic rings. The first kappa shape index (κ1) is 16.8. The molecule has 1 fully saturated rings. The summed E-state index contributed by atoms with van der Waals surface area (Å²) < 4.78 is 38.3. The highest BCUT2D eigenvalue weighted by Gasteiger charge is 2.35. The molecule has 2 atom stereocenters. The third-order valence-corrected chi connectivity index (χ3v) is 3.83. The summed E-state index contributed by atoms with van der Waals surface area (Å²) in [5.41, 5.74) is 8.15. The van der Waals surface area contributed by atoms with Crippen LogP contribution in [0.4, 0.5) is 13.2 Å². The van der Waals surface area contributed by atoms with E-state index in [2.05, 4.69) is 4.98 Å². The number of aryl methyl sites for hydroxylation is 1. The van der Waals surface area contributed by atoms with Gasteiger partial charge in [-0.3, -0.25) is 4.98 Å². The second kappa shape index (κ2) is 5.89. The van der Waals surface area contributed by atoms with Crippen LogP contribution in [0, 0.1) is 6.92 Å². The fraction of sp³-hybridized carbons (Fsp3) is 0.312. The molecule has 0 aliphatic heterocycles. The monoisotopic (exact) mass is 328 g/mol. The Balaban J connectivity index is 0.00000176. The van der Waals surface area contributed by atoms with Crippen LogP contribution in [-0.2, 0) is 6.18 Å². The number of nitrogens with zero attached hydrogens (tertiary/aromatic N) is 1. The number of alkyl halides is 3. The quantitative estimate of drug-likeness (QED) is 0.892. The van der Waals surface area contributed by atoms with Gasteiger partial charge in [-0.25, -0.2) is 0 Å². The number of pyridine rings is 1. The van der Waals surface area contributed by atoms with Gasteiger partial charge in [-0.1, -0.05) is 18.2 Å². The SMILES string of the molecule is Cc1cc(C2CC2N)cnc1-c1cccc(C(F)(F)F)c1.Cl. The van der Waals surface area contributed by atoms with Crippen LogP contribution in [0.3, 0.4) is 0 Å². The summed E-state index contributed by atoms with van der Waals surface area (Å²) in [6.45, 7) is 1.86. The number of aromatic nitrogens is 1. The summed E-state index contributed by atoms with van der Waals surface area (Å²) >= 11 is 0. The lowest BCUT2D eigenvalue weighted by Crippen LogP contribution is -2.05. The minimum absolute atomic E-state index is 0. The van der Waals surface area contributed by atoms with Gasteiger partial charge in [0.2, 0.25) is 0 Å². The number of benzene rings is 1. The van der Waals surface area contributed by atoms with E-state index in [1.807, 2.05) is 13.0 Å². The normalized spacial score (nSPS) is 20.4. The molecular formula is C16H16ClF3N2. The Kier molecular flexibility index (Phi) is 4.49. The Bertz CT molecular complexity index is 685. The number of nitrogens with two attached hydrogens (primary N) is 1. The minimum Gasteiger partial charge on any atom is -0.327 e. The lowest BCUT2D eigenvalue weighted by atomic mass is 10.0. The van der Waals surface area contributed by atoms with Crippen LogP contribution in [0.2, 0.25) is 0 Å². The molecule has 1 aromatic carbocycles. The highest BCUT2D eigenvalue weighted by atomic mass is 35.5. The van der Waals surface area contributed by atoms with Gasteiger partial charge < -0.3 is 5.73 Å². The number of rotatable bonds is 2. The Morgan fingerprint density at radius 3 is 2.45 bits per heavy atom. The molecule has 0 radical (unpaired) electrons. The largest absolute Gasteiger partial charge is 0.416 e. The first-order valence-corrected chi connectivity index (χ1v) is 6.76. The van der Waals surface area contributed by atoms with Crippen molar-refractivity contribution in [2.75, 3.05) is 0 Å². The fourth-order valence-corrected chi connectivity index (χ4v) is 2.54. The highest BCUT2D eigenvalue weighted by molar-refractivity contribution is 5.85. The molecule has 0 saturated heterocycles. The predicted molar refractivity (Wildman–Crippen MR) is 82.0 cm³/mol. The Labute approximate surface area is 133 Å². The van der Waals surface area contributed by atoms with Crippen LogP contribution < -0.4 is 5.73 Å². The maximum absolute atomic E-state index is 12.8. The van der Waals surface area contributed by atoms with E-state index in [1.54, 1.807) is 12.3 Å². The second-order valence-corrected chi connectivity index (χ2v) is 5.52. The van der Waals surface area contributed by atoms with Crippen molar-refractivity contribution in [3.8, 4) is 11.3 Å². The maximum atomic E-state index is 12.8. The zero-order valence-corrected chi connectivity index (χ0v) is 12.7. The van der Waals surface area contributed by atoms with E-state index < -0.39 is 11.7 Å². The van der Waals surface area contributed by atoms with Crippen molar-refractivity contribution in [3.63, 3.8) is 0 Å². The second-order valence-electron chi connectivity index (χ2n) is 5.52. The smallest absolute Gasteiger partial charge is 0.327 e. The first-order chi connectivity index (χ1) is 9.86. The average Bonchev–Trinajstić information content (AvgIpc) is 3.15. The molecule has 2 aromatic rings. The van der Waals surface area contributed by atoms with Gasteiger partial charge in [-0.15, -0.1) is 12.4 Å². The molecule has 1 aliphatic carbocycles. The molecule has 118 valence electrons. The summed E-state index contributed by atoms with van der Waals surface area (Å²) in [7, 11) is 0. The van der Waals surface area contributed by atoms with Crippen LogP contribution in [0.1, 0.15) is 29.0 Å². The molecule has 6 heteroatoms. The molecule has 3 rings (SSSR count). The first-order valence-electron chi connectivity index (χ1n) is 6.76. The fourth-order valence-electron chi connectivity index (χ4n) is 2.54. The molecule has 0 spiro atoms. The molecule has 2 unspecified atom stereocenters. The van der Waals surface area contributed by atoms with Crippen LogP contribution in [0.5, 0.6) is 0 Å². The van der Waals surface area contributed by atoms with Gasteiger partial charge in [0.15, 0.2) is 0 Å². The number of hydrogen-bond acceptors (Lipinski definition) is 2. The summed E-state index contributed by atoms with van der Waals surface area (Å²) in [5, 5.41) is 0. The Hall–Kier alpha value is -1.59. The van der Waals surface area contributed by atoms with Crippen molar-refractivity contribution in [3.05, 3.63) is 53.2 Å². The topological polar surface area (TPSA) is 38.9 Å². The van der Waals surface area contributed by atoms with E-state index in [0.29, 0.717) is 17.2 Å². The van der Waals surface area contributed by atoms with Gasteiger partial charge in [-0.05, 0) is 36.6 Å². The number of halogens is 4. The summed E-state index contributed by atoms with van der Waals surface area (Å²) in [5.74, 6) is 0.340. The van der Waals surface area contributed by atoms with Crippen molar-refractivity contribution >= 4 is 12.4 Å². The van der Waals surface area contributed by atoms with Crippen molar-refractivity contribution in [1.82, 2.24) is 4.98 Å². The third-order valence-electron chi connectivity index (χ3n) is 3.83. The minimum atomic E-state index is -4.34. The van der Waals surface area contributed by atoms with Crippen molar-refractivity contribution in [2.24, 2.45) is 5.73 Å². The molecule has 1 heterocycles. The van der Waals surface area contributed by atoms with Crippen LogP contribution >= 0.6 is 12.4 Å². The standard InChI is InChI=1S/C16H15F3N2.ClH/c1-9-5-11(13-7-14(13)20)8-21-15(9)10-3-2-4-12(6-10)16(17,18)19;/h2-6,8,13-14H,7,20H2,1H3;1H. The van der Waals surface area contributed by atoms with Gasteiger partial charge in [0.05, 0.1) is 11.3 Å². The average molecular weight is 329 g/mol. The Morgan fingerprint density at radius 2 is 1.91 bits per heavy atom. The molecule has 0 amide bonds. The van der Waals surface area contributed by atoms with E-state index in [4.69, 9.17) is 5.73 Å². The summed E-state index contributed by atoms with van der Waals surface area (Å²) in [6.07, 6.45) is -1.67. The molecule has 22 heavy (non-hydrogen) atoms.